The Morgan fingerprint density at radius 1 is 1.52 bits per heavy atom. The zero-order chi connectivity index (χ0) is 15.1. The second-order valence-electron chi connectivity index (χ2n) is 5.32. The van der Waals surface area contributed by atoms with E-state index in [-0.39, 0.29) is 11.9 Å². The summed E-state index contributed by atoms with van der Waals surface area (Å²) in [5.41, 5.74) is 0.583. The fraction of sp³-hybridized carbons (Fsp3) is 0.600. The number of likely N-dealkylation sites (tertiary alicyclic amines) is 1. The minimum absolute atomic E-state index is 0.141. The van der Waals surface area contributed by atoms with Crippen molar-refractivity contribution in [1.82, 2.24) is 15.2 Å². The van der Waals surface area contributed by atoms with Gasteiger partial charge in [0.1, 0.15) is 0 Å². The van der Waals surface area contributed by atoms with E-state index in [1.807, 2.05) is 11.8 Å². The smallest absolute Gasteiger partial charge is 0.251 e. The number of thioether (sulfide) groups is 1. The third kappa shape index (κ3) is 4.98. The molecule has 1 aliphatic rings. The summed E-state index contributed by atoms with van der Waals surface area (Å²) in [6.45, 7) is 2.57. The van der Waals surface area contributed by atoms with Crippen LogP contribution in [0.15, 0.2) is 24.5 Å². The highest BCUT2D eigenvalue weighted by Gasteiger charge is 2.28. The van der Waals surface area contributed by atoms with Crippen molar-refractivity contribution in [3.8, 4) is 0 Å². The molecule has 5 nitrogen and oxygen atoms in total. The van der Waals surface area contributed by atoms with Crippen LogP contribution in [0.25, 0.3) is 0 Å². The molecule has 2 N–H and O–H groups in total. The number of amides is 1. The second kappa shape index (κ2) is 8.36. The maximum Gasteiger partial charge on any atom is 0.251 e. The van der Waals surface area contributed by atoms with E-state index >= 15 is 0 Å². The van der Waals surface area contributed by atoms with E-state index in [4.69, 9.17) is 0 Å². The number of pyridine rings is 1. The van der Waals surface area contributed by atoms with E-state index in [0.29, 0.717) is 12.1 Å². The number of piperidine rings is 1. The van der Waals surface area contributed by atoms with Crippen LogP contribution >= 0.6 is 11.8 Å². The zero-order valence-corrected chi connectivity index (χ0v) is 13.2. The van der Waals surface area contributed by atoms with E-state index in [9.17, 15) is 9.90 Å². The van der Waals surface area contributed by atoms with Gasteiger partial charge in [0, 0.05) is 31.0 Å². The van der Waals surface area contributed by atoms with Crippen LogP contribution in [0.2, 0.25) is 0 Å². The van der Waals surface area contributed by atoms with Crippen molar-refractivity contribution in [1.29, 1.82) is 0 Å². The topological polar surface area (TPSA) is 65.5 Å². The number of aliphatic hydroxyl groups is 1. The van der Waals surface area contributed by atoms with Crippen LogP contribution in [-0.2, 0) is 0 Å². The fourth-order valence-electron chi connectivity index (χ4n) is 2.56. The van der Waals surface area contributed by atoms with E-state index in [0.717, 1.165) is 31.7 Å². The molecule has 2 rings (SSSR count). The summed E-state index contributed by atoms with van der Waals surface area (Å²) in [4.78, 5) is 18.3. The number of carbonyl (C=O) groups excluding carboxylic acids is 1. The molecular weight excluding hydrogens is 286 g/mol. The summed E-state index contributed by atoms with van der Waals surface area (Å²) in [5.74, 6) is 1.01. The van der Waals surface area contributed by atoms with Gasteiger partial charge in [-0.3, -0.25) is 9.78 Å². The molecule has 1 aromatic rings. The van der Waals surface area contributed by atoms with Gasteiger partial charge in [-0.1, -0.05) is 0 Å². The molecule has 0 bridgehead atoms. The van der Waals surface area contributed by atoms with Crippen LogP contribution < -0.4 is 5.32 Å². The molecule has 0 aromatic carbocycles. The lowest BCUT2D eigenvalue weighted by Gasteiger charge is -2.36. The minimum atomic E-state index is -0.501. The van der Waals surface area contributed by atoms with Gasteiger partial charge in [0.15, 0.2) is 0 Å². The van der Waals surface area contributed by atoms with Crippen LogP contribution in [0.4, 0.5) is 0 Å². The lowest BCUT2D eigenvalue weighted by molar-refractivity contribution is 0.0381. The Hall–Kier alpha value is -1.11. The average Bonchev–Trinajstić information content (AvgIpc) is 2.51. The van der Waals surface area contributed by atoms with Crippen molar-refractivity contribution in [2.75, 3.05) is 31.6 Å². The molecule has 1 aromatic heterocycles. The Balaban J connectivity index is 1.79. The molecular formula is C15H23N3O2S. The van der Waals surface area contributed by atoms with Gasteiger partial charge in [0.25, 0.3) is 5.91 Å². The highest BCUT2D eigenvalue weighted by molar-refractivity contribution is 7.98. The normalized spacial score (nSPS) is 23.0. The van der Waals surface area contributed by atoms with Crippen LogP contribution in [0, 0.1) is 0 Å². The largest absolute Gasteiger partial charge is 0.390 e. The summed E-state index contributed by atoms with van der Waals surface area (Å²) in [6, 6.07) is 3.20. The standard InChI is InChI=1S/C15H23N3O2S/c1-21-10-2-8-18-9-5-13(14(19)11-18)17-15(20)12-3-6-16-7-4-12/h3-4,6-7,13-14,19H,2,5,8-11H2,1H3,(H,17,20). The third-order valence-corrected chi connectivity index (χ3v) is 4.44. The molecule has 2 atom stereocenters. The Morgan fingerprint density at radius 2 is 2.29 bits per heavy atom. The Bertz CT molecular complexity index is 444. The highest BCUT2D eigenvalue weighted by atomic mass is 32.2. The van der Waals surface area contributed by atoms with Crippen LogP contribution in [0.3, 0.4) is 0 Å². The van der Waals surface area contributed by atoms with E-state index < -0.39 is 6.10 Å². The third-order valence-electron chi connectivity index (χ3n) is 3.75. The van der Waals surface area contributed by atoms with Crippen LogP contribution in [0.1, 0.15) is 23.2 Å². The zero-order valence-electron chi connectivity index (χ0n) is 12.4. The van der Waals surface area contributed by atoms with E-state index in [1.165, 1.54) is 0 Å². The van der Waals surface area contributed by atoms with Crippen LogP contribution in [0.5, 0.6) is 0 Å². The van der Waals surface area contributed by atoms with Crippen LogP contribution in [-0.4, -0.2) is 64.7 Å². The summed E-state index contributed by atoms with van der Waals surface area (Å²) in [6.07, 6.45) is 6.73. The summed E-state index contributed by atoms with van der Waals surface area (Å²) in [5, 5.41) is 13.1. The number of aliphatic hydroxyl groups excluding tert-OH is 1. The first-order chi connectivity index (χ1) is 10.2. The van der Waals surface area contributed by atoms with Gasteiger partial charge < -0.3 is 15.3 Å². The molecule has 0 aliphatic carbocycles. The Kier molecular flexibility index (Phi) is 6.48. The average molecular weight is 309 g/mol. The summed E-state index contributed by atoms with van der Waals surface area (Å²) >= 11 is 1.85. The van der Waals surface area contributed by atoms with Gasteiger partial charge >= 0.3 is 0 Å². The van der Waals surface area contributed by atoms with Gasteiger partial charge in [-0.15, -0.1) is 0 Å². The molecule has 1 aliphatic heterocycles. The molecule has 0 saturated carbocycles. The number of rotatable bonds is 6. The predicted octanol–water partition coefficient (Wildman–Crippen LogP) is 1.000. The number of aromatic nitrogens is 1. The molecule has 21 heavy (non-hydrogen) atoms. The number of nitrogens with zero attached hydrogens (tertiary/aromatic N) is 2. The van der Waals surface area contributed by atoms with Crippen molar-refractivity contribution in [3.05, 3.63) is 30.1 Å². The maximum absolute atomic E-state index is 12.1. The molecule has 1 saturated heterocycles. The van der Waals surface area contributed by atoms with Gasteiger partial charge in [-0.25, -0.2) is 0 Å². The Labute approximate surface area is 130 Å². The molecule has 1 fully saturated rings. The molecule has 0 spiro atoms. The fourth-order valence-corrected chi connectivity index (χ4v) is 2.97. The predicted molar refractivity (Wildman–Crippen MR) is 85.6 cm³/mol. The second-order valence-corrected chi connectivity index (χ2v) is 6.30. The lowest BCUT2D eigenvalue weighted by Crippen LogP contribution is -2.54. The van der Waals surface area contributed by atoms with E-state index in [2.05, 4.69) is 21.5 Å². The number of β-amino-alcohol motifs (C(OH)–C–C–N with tert-alkyl or cyclic N) is 1. The quantitative estimate of drug-likeness (QED) is 0.768. The summed E-state index contributed by atoms with van der Waals surface area (Å²) < 4.78 is 0. The summed E-state index contributed by atoms with van der Waals surface area (Å²) in [7, 11) is 0. The SMILES string of the molecule is CSCCCN1CCC(NC(=O)c2ccncc2)C(O)C1. The van der Waals surface area contributed by atoms with Crippen molar-refractivity contribution in [3.63, 3.8) is 0 Å². The van der Waals surface area contributed by atoms with Gasteiger partial charge in [-0.05, 0) is 43.5 Å². The first kappa shape index (κ1) is 16.3. The van der Waals surface area contributed by atoms with Crippen molar-refractivity contribution in [2.24, 2.45) is 0 Å². The number of hydrogen-bond donors (Lipinski definition) is 2. The molecule has 2 unspecified atom stereocenters. The molecule has 116 valence electrons. The molecule has 1 amide bonds. The first-order valence-electron chi connectivity index (χ1n) is 7.31. The molecule has 2 heterocycles. The minimum Gasteiger partial charge on any atom is -0.390 e. The van der Waals surface area contributed by atoms with Gasteiger partial charge in [0.2, 0.25) is 0 Å². The maximum atomic E-state index is 12.1. The van der Waals surface area contributed by atoms with Gasteiger partial charge in [-0.2, -0.15) is 11.8 Å². The first-order valence-corrected chi connectivity index (χ1v) is 8.70. The number of hydrogen-bond acceptors (Lipinski definition) is 5. The van der Waals surface area contributed by atoms with Crippen molar-refractivity contribution < 1.29 is 9.90 Å². The number of carbonyl (C=O) groups is 1. The Morgan fingerprint density at radius 3 is 2.95 bits per heavy atom. The molecule has 0 radical (unpaired) electrons. The van der Waals surface area contributed by atoms with Gasteiger partial charge in [0.05, 0.1) is 12.1 Å². The van der Waals surface area contributed by atoms with Crippen molar-refractivity contribution in [2.45, 2.75) is 25.0 Å². The van der Waals surface area contributed by atoms with E-state index in [1.54, 1.807) is 24.5 Å². The monoisotopic (exact) mass is 309 g/mol. The number of nitrogens with one attached hydrogen (secondary N) is 1. The highest BCUT2D eigenvalue weighted by Crippen LogP contribution is 2.13. The molecule has 6 heteroatoms. The van der Waals surface area contributed by atoms with Crippen molar-refractivity contribution >= 4 is 17.7 Å². The lowest BCUT2D eigenvalue weighted by atomic mass is 10.0.